The number of sulfonamides is 1. The number of carbonyl (C=O) groups excluding carboxylic acids is 2. The number of nitrogens with zero attached hydrogens (tertiary/aromatic N) is 2. The summed E-state index contributed by atoms with van der Waals surface area (Å²) in [6.45, 7) is 5.19. The topological polar surface area (TPSA) is 96.0 Å². The predicted molar refractivity (Wildman–Crippen MR) is 142 cm³/mol. The van der Waals surface area contributed by atoms with Crippen LogP contribution in [0, 0.1) is 3.57 Å². The number of halogens is 1. The fourth-order valence-electron chi connectivity index (χ4n) is 3.24. The normalized spacial score (nSPS) is 13.0. The molecule has 10 heteroatoms. The molecule has 0 aliphatic heterocycles. The number of hydrogen-bond donors (Lipinski definition) is 1. The monoisotopic (exact) mass is 601 g/mol. The van der Waals surface area contributed by atoms with Crippen LogP contribution in [0.1, 0.15) is 32.8 Å². The van der Waals surface area contributed by atoms with Gasteiger partial charge in [0.1, 0.15) is 18.3 Å². The highest BCUT2D eigenvalue weighted by molar-refractivity contribution is 14.1. The van der Waals surface area contributed by atoms with Crippen molar-refractivity contribution in [3.8, 4) is 5.75 Å². The van der Waals surface area contributed by atoms with Crippen LogP contribution in [0.15, 0.2) is 48.5 Å². The van der Waals surface area contributed by atoms with E-state index in [2.05, 4.69) is 27.9 Å². The summed E-state index contributed by atoms with van der Waals surface area (Å²) in [4.78, 5) is 27.8. The first-order valence-electron chi connectivity index (χ1n) is 10.9. The van der Waals surface area contributed by atoms with Crippen molar-refractivity contribution in [1.82, 2.24) is 10.2 Å². The lowest BCUT2D eigenvalue weighted by atomic mass is 10.1. The van der Waals surface area contributed by atoms with Crippen LogP contribution in [0.25, 0.3) is 0 Å². The van der Waals surface area contributed by atoms with Gasteiger partial charge in [-0.1, -0.05) is 19.1 Å². The first kappa shape index (κ1) is 27.9. The molecule has 1 N–H and O–H groups in total. The number of nitrogens with one attached hydrogen (secondary N) is 1. The van der Waals surface area contributed by atoms with E-state index in [9.17, 15) is 18.0 Å². The molecule has 0 fully saturated rings. The minimum absolute atomic E-state index is 0.0527. The maximum Gasteiger partial charge on any atom is 0.244 e. The van der Waals surface area contributed by atoms with Gasteiger partial charge in [0.05, 0.1) is 19.1 Å². The number of benzene rings is 2. The van der Waals surface area contributed by atoms with Gasteiger partial charge in [-0.05, 0) is 84.8 Å². The lowest BCUT2D eigenvalue weighted by Gasteiger charge is -2.32. The molecule has 0 aliphatic carbocycles. The van der Waals surface area contributed by atoms with E-state index >= 15 is 0 Å². The molecular formula is C24H32IN3O5S. The summed E-state index contributed by atoms with van der Waals surface area (Å²) in [6, 6.07) is 13.2. The Morgan fingerprint density at radius 1 is 1.12 bits per heavy atom. The molecule has 0 radical (unpaired) electrons. The zero-order valence-electron chi connectivity index (χ0n) is 20.1. The van der Waals surface area contributed by atoms with Crippen LogP contribution in [-0.4, -0.2) is 57.1 Å². The SMILES string of the molecule is CCC(C)NC(=O)C(C)N(Cc1cccc(OC)c1)C(=O)CN(c1ccc(I)cc1)S(C)(=O)=O. The summed E-state index contributed by atoms with van der Waals surface area (Å²) >= 11 is 2.13. The number of carbonyl (C=O) groups is 2. The quantitative estimate of drug-likeness (QED) is 0.399. The maximum absolute atomic E-state index is 13.5. The van der Waals surface area contributed by atoms with E-state index in [-0.39, 0.29) is 18.5 Å². The minimum atomic E-state index is -3.75. The number of rotatable bonds is 11. The molecule has 186 valence electrons. The number of hydrogen-bond acceptors (Lipinski definition) is 5. The second-order valence-corrected chi connectivity index (χ2v) is 11.3. The molecule has 0 saturated carbocycles. The zero-order chi connectivity index (χ0) is 25.5. The number of ether oxygens (including phenoxy) is 1. The van der Waals surface area contributed by atoms with E-state index in [4.69, 9.17) is 4.74 Å². The Morgan fingerprint density at radius 3 is 2.32 bits per heavy atom. The molecule has 2 aromatic carbocycles. The van der Waals surface area contributed by atoms with Crippen LogP contribution in [0.5, 0.6) is 5.75 Å². The first-order chi connectivity index (χ1) is 16.0. The largest absolute Gasteiger partial charge is 0.497 e. The van der Waals surface area contributed by atoms with Gasteiger partial charge in [-0.25, -0.2) is 8.42 Å². The number of anilines is 1. The highest BCUT2D eigenvalue weighted by Gasteiger charge is 2.30. The van der Waals surface area contributed by atoms with Crippen LogP contribution in [0.2, 0.25) is 0 Å². The fourth-order valence-corrected chi connectivity index (χ4v) is 4.45. The van der Waals surface area contributed by atoms with Crippen LogP contribution in [0.4, 0.5) is 5.69 Å². The summed E-state index contributed by atoms with van der Waals surface area (Å²) in [5.74, 6) is -0.164. The maximum atomic E-state index is 13.5. The van der Waals surface area contributed by atoms with Crippen molar-refractivity contribution in [2.75, 3.05) is 24.2 Å². The molecule has 8 nitrogen and oxygen atoms in total. The van der Waals surface area contributed by atoms with Gasteiger partial charge in [0, 0.05) is 16.2 Å². The molecule has 2 aromatic rings. The second-order valence-electron chi connectivity index (χ2n) is 8.11. The van der Waals surface area contributed by atoms with Crippen molar-refractivity contribution >= 4 is 50.1 Å². The second kappa shape index (κ2) is 12.4. The van der Waals surface area contributed by atoms with E-state index < -0.39 is 28.5 Å². The molecule has 2 amide bonds. The molecule has 2 atom stereocenters. The molecule has 0 saturated heterocycles. The molecule has 0 aliphatic rings. The van der Waals surface area contributed by atoms with Gasteiger partial charge in [-0.3, -0.25) is 13.9 Å². The summed E-state index contributed by atoms with van der Waals surface area (Å²) in [7, 11) is -2.20. The van der Waals surface area contributed by atoms with Gasteiger partial charge in [0.25, 0.3) is 0 Å². The van der Waals surface area contributed by atoms with Crippen molar-refractivity contribution in [1.29, 1.82) is 0 Å². The van der Waals surface area contributed by atoms with Crippen molar-refractivity contribution < 1.29 is 22.7 Å². The average Bonchev–Trinajstić information content (AvgIpc) is 2.80. The molecule has 0 bridgehead atoms. The van der Waals surface area contributed by atoms with Crippen LogP contribution in [-0.2, 0) is 26.2 Å². The molecule has 34 heavy (non-hydrogen) atoms. The molecular weight excluding hydrogens is 569 g/mol. The Morgan fingerprint density at radius 2 is 1.76 bits per heavy atom. The van der Waals surface area contributed by atoms with E-state index in [1.807, 2.05) is 19.9 Å². The van der Waals surface area contributed by atoms with Crippen molar-refractivity contribution in [3.05, 3.63) is 57.7 Å². The smallest absolute Gasteiger partial charge is 0.244 e. The Bertz CT molecular complexity index is 1090. The number of methoxy groups -OCH3 is 1. The van der Waals surface area contributed by atoms with Crippen LogP contribution < -0.4 is 14.4 Å². The Hall–Kier alpha value is -2.34. The van der Waals surface area contributed by atoms with Crippen molar-refractivity contribution in [2.45, 2.75) is 45.8 Å². The minimum Gasteiger partial charge on any atom is -0.497 e. The highest BCUT2D eigenvalue weighted by atomic mass is 127. The summed E-state index contributed by atoms with van der Waals surface area (Å²) in [5.41, 5.74) is 1.14. The van der Waals surface area contributed by atoms with Gasteiger partial charge >= 0.3 is 0 Å². The van der Waals surface area contributed by atoms with E-state index in [0.29, 0.717) is 11.4 Å². The molecule has 0 aromatic heterocycles. The Balaban J connectivity index is 2.39. The number of amides is 2. The van der Waals surface area contributed by atoms with Gasteiger partial charge in [-0.2, -0.15) is 0 Å². The highest BCUT2D eigenvalue weighted by Crippen LogP contribution is 2.21. The van der Waals surface area contributed by atoms with Crippen LogP contribution >= 0.6 is 22.6 Å². The standard InChI is InChI=1S/C24H32IN3O5S/c1-6-17(2)26-24(30)18(3)27(15-19-8-7-9-22(14-19)33-4)23(29)16-28(34(5,31)32)21-12-10-20(25)11-13-21/h7-14,17-18H,6,15-16H2,1-5H3,(H,26,30). The first-order valence-corrected chi connectivity index (χ1v) is 13.8. The van der Waals surface area contributed by atoms with Crippen LogP contribution in [0.3, 0.4) is 0 Å². The Kier molecular flexibility index (Phi) is 10.2. The molecule has 2 unspecified atom stereocenters. The predicted octanol–water partition coefficient (Wildman–Crippen LogP) is 3.40. The van der Waals surface area contributed by atoms with Gasteiger partial charge in [-0.15, -0.1) is 0 Å². The van der Waals surface area contributed by atoms with E-state index in [1.165, 1.54) is 4.90 Å². The zero-order valence-corrected chi connectivity index (χ0v) is 23.1. The summed E-state index contributed by atoms with van der Waals surface area (Å²) in [6.07, 6.45) is 1.81. The average molecular weight is 602 g/mol. The lowest BCUT2D eigenvalue weighted by molar-refractivity contribution is -0.139. The third-order valence-electron chi connectivity index (χ3n) is 5.45. The van der Waals surface area contributed by atoms with Gasteiger partial charge in [0.2, 0.25) is 21.8 Å². The summed E-state index contributed by atoms with van der Waals surface area (Å²) in [5, 5.41) is 2.90. The van der Waals surface area contributed by atoms with Crippen molar-refractivity contribution in [2.24, 2.45) is 0 Å². The third-order valence-corrected chi connectivity index (χ3v) is 7.31. The van der Waals surface area contributed by atoms with Gasteiger partial charge in [0.15, 0.2) is 0 Å². The third kappa shape index (κ3) is 7.86. The fraction of sp³-hybridized carbons (Fsp3) is 0.417. The molecule has 0 heterocycles. The molecule has 2 rings (SSSR count). The van der Waals surface area contributed by atoms with E-state index in [1.54, 1.807) is 56.5 Å². The van der Waals surface area contributed by atoms with Crippen molar-refractivity contribution in [3.63, 3.8) is 0 Å². The lowest BCUT2D eigenvalue weighted by Crippen LogP contribution is -2.52. The van der Waals surface area contributed by atoms with Gasteiger partial charge < -0.3 is 15.0 Å². The van der Waals surface area contributed by atoms with E-state index in [0.717, 1.165) is 26.1 Å². The molecule has 0 spiro atoms. The summed E-state index contributed by atoms with van der Waals surface area (Å²) < 4.78 is 32.4. The Labute approximate surface area is 215 Å².